The van der Waals surface area contributed by atoms with Crippen LogP contribution in [0, 0.1) is 0 Å². The van der Waals surface area contributed by atoms with Gasteiger partial charge in [-0.15, -0.1) is 11.3 Å². The lowest BCUT2D eigenvalue weighted by Crippen LogP contribution is -2.22. The molecule has 11 rings (SSSR count). The Morgan fingerprint density at radius 3 is 2.17 bits per heavy atom. The van der Waals surface area contributed by atoms with E-state index in [2.05, 4.69) is 193 Å². The smallest absolute Gasteiger partial charge is 0.135 e. The van der Waals surface area contributed by atoms with Gasteiger partial charge < -0.3 is 9.32 Å². The number of fused-ring (bicyclic) bond motifs is 8. The molecule has 1 aliphatic carbocycles. The molecule has 54 heavy (non-hydrogen) atoms. The minimum atomic E-state index is 0.750. The van der Waals surface area contributed by atoms with E-state index in [-0.39, 0.29) is 0 Å². The SMILES string of the molecule is C1=c2ccccc2=Cc2c(oc3cccc(-c4ccccc4N(c4cccc(-c5cccc6ccccc56)c4)c4cccc5c4sc4ccccc45)c23)C1. The quantitative estimate of drug-likeness (QED) is 0.177. The van der Waals surface area contributed by atoms with E-state index in [0.29, 0.717) is 0 Å². The molecule has 0 unspecified atom stereocenters. The number of thiophene rings is 1. The third kappa shape index (κ3) is 4.93. The van der Waals surface area contributed by atoms with Crippen LogP contribution >= 0.6 is 11.3 Å². The van der Waals surface area contributed by atoms with Crippen LogP contribution in [0.3, 0.4) is 0 Å². The fourth-order valence-corrected chi connectivity index (χ4v) is 9.64. The number of hydrogen-bond acceptors (Lipinski definition) is 3. The molecular formula is C51H33NOS. The highest BCUT2D eigenvalue weighted by atomic mass is 32.1. The third-order valence-corrected chi connectivity index (χ3v) is 12.1. The largest absolute Gasteiger partial charge is 0.460 e. The van der Waals surface area contributed by atoms with Crippen molar-refractivity contribution in [3.05, 3.63) is 198 Å². The van der Waals surface area contributed by atoms with Crippen molar-refractivity contribution < 1.29 is 4.42 Å². The van der Waals surface area contributed by atoms with Crippen LogP contribution in [0.15, 0.2) is 180 Å². The maximum absolute atomic E-state index is 6.65. The highest BCUT2D eigenvalue weighted by Crippen LogP contribution is 2.49. The second kappa shape index (κ2) is 12.5. The van der Waals surface area contributed by atoms with E-state index >= 15 is 0 Å². The Balaban J connectivity index is 1.19. The van der Waals surface area contributed by atoms with E-state index in [1.807, 2.05) is 11.3 Å². The molecule has 0 spiro atoms. The summed E-state index contributed by atoms with van der Waals surface area (Å²) in [5.74, 6) is 1.00. The Morgan fingerprint density at radius 2 is 1.20 bits per heavy atom. The van der Waals surface area contributed by atoms with Crippen molar-refractivity contribution in [3.63, 3.8) is 0 Å². The lowest BCUT2D eigenvalue weighted by atomic mass is 9.95. The molecule has 0 atom stereocenters. The van der Waals surface area contributed by atoms with Crippen LogP contribution in [-0.4, -0.2) is 0 Å². The molecule has 0 N–H and O–H groups in total. The molecule has 254 valence electrons. The van der Waals surface area contributed by atoms with Gasteiger partial charge in [0.25, 0.3) is 0 Å². The van der Waals surface area contributed by atoms with Crippen molar-refractivity contribution in [2.24, 2.45) is 0 Å². The van der Waals surface area contributed by atoms with Crippen LogP contribution in [0.1, 0.15) is 11.3 Å². The number of hydrogen-bond donors (Lipinski definition) is 0. The van der Waals surface area contributed by atoms with Crippen molar-refractivity contribution in [1.29, 1.82) is 0 Å². The molecule has 2 aromatic heterocycles. The highest BCUT2D eigenvalue weighted by molar-refractivity contribution is 7.26. The van der Waals surface area contributed by atoms with Gasteiger partial charge in [0.1, 0.15) is 11.3 Å². The summed E-state index contributed by atoms with van der Waals surface area (Å²) < 4.78 is 9.20. The molecule has 0 radical (unpaired) electrons. The van der Waals surface area contributed by atoms with Crippen LogP contribution in [0.5, 0.6) is 0 Å². The van der Waals surface area contributed by atoms with Crippen molar-refractivity contribution in [2.45, 2.75) is 6.42 Å². The number of anilines is 3. The molecule has 0 aliphatic heterocycles. The first-order valence-corrected chi connectivity index (χ1v) is 19.3. The van der Waals surface area contributed by atoms with Crippen molar-refractivity contribution in [2.75, 3.05) is 4.90 Å². The molecule has 0 fully saturated rings. The Labute approximate surface area is 316 Å². The maximum atomic E-state index is 6.65. The summed E-state index contributed by atoms with van der Waals surface area (Å²) in [6, 6.07) is 63.8. The topological polar surface area (TPSA) is 16.4 Å². The molecule has 0 amide bonds. The van der Waals surface area contributed by atoms with E-state index in [0.717, 1.165) is 56.9 Å². The van der Waals surface area contributed by atoms with Gasteiger partial charge in [0.2, 0.25) is 0 Å². The summed E-state index contributed by atoms with van der Waals surface area (Å²) in [5.41, 5.74) is 10.2. The normalized spacial score (nSPS) is 12.3. The van der Waals surface area contributed by atoms with E-state index < -0.39 is 0 Å². The Hall–Kier alpha value is -6.68. The molecule has 1 aliphatic rings. The van der Waals surface area contributed by atoms with Crippen LogP contribution in [0.2, 0.25) is 0 Å². The van der Waals surface area contributed by atoms with Gasteiger partial charge in [-0.05, 0) is 80.4 Å². The zero-order valence-electron chi connectivity index (χ0n) is 29.4. The van der Waals surface area contributed by atoms with Gasteiger partial charge in [-0.2, -0.15) is 0 Å². The summed E-state index contributed by atoms with van der Waals surface area (Å²) in [7, 11) is 0. The molecular weight excluding hydrogens is 675 g/mol. The lowest BCUT2D eigenvalue weighted by Gasteiger charge is -2.29. The first kappa shape index (κ1) is 30.9. The Bertz CT molecular complexity index is 3210. The van der Waals surface area contributed by atoms with Crippen molar-refractivity contribution in [3.8, 4) is 22.3 Å². The second-order valence-corrected chi connectivity index (χ2v) is 15.0. The number of benzene rings is 8. The number of para-hydroxylation sites is 1. The van der Waals surface area contributed by atoms with Gasteiger partial charge in [0.05, 0.1) is 16.1 Å². The molecule has 10 aromatic rings. The van der Waals surface area contributed by atoms with Crippen LogP contribution < -0.4 is 15.3 Å². The predicted octanol–water partition coefficient (Wildman–Crippen LogP) is 12.9. The number of furan rings is 1. The Morgan fingerprint density at radius 1 is 0.519 bits per heavy atom. The molecule has 0 saturated carbocycles. The monoisotopic (exact) mass is 707 g/mol. The van der Waals surface area contributed by atoms with Crippen molar-refractivity contribution >= 4 is 82.5 Å². The third-order valence-electron chi connectivity index (χ3n) is 10.9. The average molecular weight is 708 g/mol. The van der Waals surface area contributed by atoms with E-state index in [4.69, 9.17) is 4.42 Å². The van der Waals surface area contributed by atoms with Crippen LogP contribution in [0.4, 0.5) is 17.1 Å². The lowest BCUT2D eigenvalue weighted by molar-refractivity contribution is 0.568. The molecule has 0 saturated heterocycles. The summed E-state index contributed by atoms with van der Waals surface area (Å²) >= 11 is 1.86. The maximum Gasteiger partial charge on any atom is 0.135 e. The van der Waals surface area contributed by atoms with Gasteiger partial charge in [-0.1, -0.05) is 146 Å². The van der Waals surface area contributed by atoms with Gasteiger partial charge in [0, 0.05) is 44.1 Å². The zero-order valence-corrected chi connectivity index (χ0v) is 30.2. The fraction of sp³-hybridized carbons (Fsp3) is 0.0196. The molecule has 3 heteroatoms. The minimum absolute atomic E-state index is 0.750. The van der Waals surface area contributed by atoms with E-state index in [1.54, 1.807) is 0 Å². The molecule has 8 aromatic carbocycles. The van der Waals surface area contributed by atoms with E-state index in [9.17, 15) is 0 Å². The Kier molecular flexibility index (Phi) is 7.14. The first-order valence-electron chi connectivity index (χ1n) is 18.5. The van der Waals surface area contributed by atoms with Gasteiger partial charge >= 0.3 is 0 Å². The second-order valence-electron chi connectivity index (χ2n) is 14.0. The first-order chi connectivity index (χ1) is 26.8. The summed E-state index contributed by atoms with van der Waals surface area (Å²) in [6.45, 7) is 0. The standard InChI is InChI=1S/C51H33NOS/c1-2-15-35-32-44-47(30-29-33(35)13-1)53-48-27-12-23-42(50(44)48)40-20-5-7-25-45(40)52(46-26-11-24-43-41-21-6-8-28-49(41)54-51(43)46)37-18-9-17-36(31-37)39-22-10-16-34-14-3-4-19-38(34)39/h1-29,31-32H,30H2. The highest BCUT2D eigenvalue weighted by Gasteiger charge is 2.24. The summed E-state index contributed by atoms with van der Waals surface area (Å²) in [4.78, 5) is 2.48. The fourth-order valence-electron chi connectivity index (χ4n) is 8.44. The predicted molar refractivity (Wildman–Crippen MR) is 230 cm³/mol. The van der Waals surface area contributed by atoms with E-state index in [1.165, 1.54) is 52.5 Å². The van der Waals surface area contributed by atoms with Gasteiger partial charge in [-0.25, -0.2) is 0 Å². The number of rotatable bonds is 5. The summed E-state index contributed by atoms with van der Waals surface area (Å²) in [5, 5.41) is 8.65. The van der Waals surface area contributed by atoms with Crippen molar-refractivity contribution in [1.82, 2.24) is 0 Å². The molecule has 2 nitrogen and oxygen atoms in total. The molecule has 0 bridgehead atoms. The van der Waals surface area contributed by atoms with Crippen LogP contribution in [0.25, 0.3) is 76.3 Å². The minimum Gasteiger partial charge on any atom is -0.460 e. The van der Waals surface area contributed by atoms with Gasteiger partial charge in [0.15, 0.2) is 0 Å². The number of nitrogens with zero attached hydrogens (tertiary/aromatic N) is 1. The summed E-state index contributed by atoms with van der Waals surface area (Å²) in [6.07, 6.45) is 5.35. The van der Waals surface area contributed by atoms with Gasteiger partial charge in [-0.3, -0.25) is 0 Å². The average Bonchev–Trinajstić information content (AvgIpc) is 3.73. The molecule has 2 heterocycles. The zero-order chi connectivity index (χ0) is 35.6. The van der Waals surface area contributed by atoms with Crippen LogP contribution in [-0.2, 0) is 6.42 Å².